The number of allylic oxidation sites excluding steroid dienone is 1. The van der Waals surface area contributed by atoms with Crippen LogP contribution < -0.4 is 5.32 Å². The normalized spacial score (nSPS) is 12.2. The van der Waals surface area contributed by atoms with Gasteiger partial charge in [0.2, 0.25) is 0 Å². The monoisotopic (exact) mass is 655 g/mol. The van der Waals surface area contributed by atoms with Crippen LogP contribution in [0.1, 0.15) is 74.6 Å². The maximum atomic E-state index is 11.6. The summed E-state index contributed by atoms with van der Waals surface area (Å²) < 4.78 is 11.4. The van der Waals surface area contributed by atoms with E-state index in [1.807, 2.05) is 6.92 Å². The second kappa shape index (κ2) is 15.0. The third-order valence-corrected chi connectivity index (χ3v) is 12.4. The zero-order valence-corrected chi connectivity index (χ0v) is 27.1. The Hall–Kier alpha value is -2.13. The van der Waals surface area contributed by atoms with Crippen molar-refractivity contribution >= 4 is 51.8 Å². The molecule has 0 bridgehead atoms. The zero-order chi connectivity index (χ0) is 27.6. The number of benzene rings is 2. The Bertz CT molecular complexity index is 1390. The molecule has 0 spiro atoms. The van der Waals surface area contributed by atoms with Crippen LogP contribution in [-0.4, -0.2) is 55.1 Å². The van der Waals surface area contributed by atoms with Crippen molar-refractivity contribution in [2.24, 2.45) is 0 Å². The number of unbranched alkanes of at least 4 members (excludes halogenated alkanes) is 1. The number of rotatable bonds is 15. The summed E-state index contributed by atoms with van der Waals surface area (Å²) in [5, 5.41) is 6.10. The summed E-state index contributed by atoms with van der Waals surface area (Å²) in [6.07, 6.45) is 6.62. The van der Waals surface area contributed by atoms with Gasteiger partial charge in [-0.15, -0.1) is 0 Å². The quantitative estimate of drug-likeness (QED) is 0.0614. The van der Waals surface area contributed by atoms with E-state index in [0.717, 1.165) is 62.5 Å². The van der Waals surface area contributed by atoms with Gasteiger partial charge in [0.1, 0.15) is 0 Å². The number of ether oxygens (including phenoxy) is 1. The summed E-state index contributed by atoms with van der Waals surface area (Å²) in [6, 6.07) is 22.9. The molecule has 0 aliphatic rings. The van der Waals surface area contributed by atoms with Gasteiger partial charge in [-0.25, -0.2) is 0 Å². The molecule has 2 aromatic heterocycles. The molecule has 0 amide bonds. The van der Waals surface area contributed by atoms with Gasteiger partial charge in [-0.1, -0.05) is 0 Å². The second-order valence-corrected chi connectivity index (χ2v) is 14.7. The molecule has 1 N–H and O–H groups in total. The molecule has 4 aromatic rings. The Kier molecular flexibility index (Phi) is 11.5. The van der Waals surface area contributed by atoms with E-state index in [1.165, 1.54) is 48.1 Å². The molecule has 206 valence electrons. The Morgan fingerprint density at radius 3 is 2.13 bits per heavy atom. The molecular formula is C34H41NO2Se2. The van der Waals surface area contributed by atoms with E-state index < -0.39 is 0 Å². The number of fused-ring (bicyclic) bond motifs is 1. The average Bonchev–Trinajstić information content (AvgIpc) is 3.65. The van der Waals surface area contributed by atoms with Gasteiger partial charge in [0.25, 0.3) is 0 Å². The summed E-state index contributed by atoms with van der Waals surface area (Å²) >= 11 is 0.580. The Balaban J connectivity index is 1.48. The number of aldehydes is 1. The fourth-order valence-electron chi connectivity index (χ4n) is 4.81. The van der Waals surface area contributed by atoms with E-state index in [2.05, 4.69) is 86.8 Å². The van der Waals surface area contributed by atoms with Crippen molar-refractivity contribution < 1.29 is 9.53 Å². The van der Waals surface area contributed by atoms with Crippen LogP contribution in [0.25, 0.3) is 36.5 Å². The minimum atomic E-state index is 0.145. The van der Waals surface area contributed by atoms with E-state index in [0.29, 0.717) is 14.5 Å². The molecule has 3 nitrogen and oxygen atoms in total. The number of carbonyl (C=O) groups excluding carboxylic acids is 1. The molecule has 0 aliphatic carbocycles. The standard InChI is InChI=1S/C34H41NO2Se2/c1-5-8-19-37-20-9-18-35-34(24(4)23-36)33-17-16-32(39-33)29-13-11-26-21-28(12-10-27(26)22-29)31-15-14-30(38-31)25(6-2)7-3/h10-17,21-23,25,35H,5-9,18-20H2,1-4H3/b34-24+. The van der Waals surface area contributed by atoms with Crippen LogP contribution in [-0.2, 0) is 9.53 Å². The molecule has 0 saturated carbocycles. The molecule has 0 atom stereocenters. The van der Waals surface area contributed by atoms with Crippen molar-refractivity contribution in [3.8, 4) is 20.0 Å². The zero-order valence-electron chi connectivity index (χ0n) is 23.7. The number of hydrogen-bond donors (Lipinski definition) is 1. The van der Waals surface area contributed by atoms with Gasteiger partial charge in [0.15, 0.2) is 0 Å². The SMILES string of the molecule is CCCCOCCCN/C(=C(\C)C=O)c1ccc(-c2ccc3cc(-c4ccc(C(CC)CC)[se]4)ccc3c2)[se]1. The molecule has 0 saturated heterocycles. The summed E-state index contributed by atoms with van der Waals surface area (Å²) in [5.41, 5.74) is 4.39. The molecule has 0 aliphatic heterocycles. The fourth-order valence-corrected chi connectivity index (χ4v) is 9.77. The molecule has 2 heterocycles. The molecule has 0 radical (unpaired) electrons. The third-order valence-electron chi connectivity index (χ3n) is 7.26. The first kappa shape index (κ1) is 29.8. The fraction of sp³-hybridized carbons (Fsp3) is 0.382. The maximum absolute atomic E-state index is 11.6. The van der Waals surface area contributed by atoms with E-state index in [4.69, 9.17) is 4.74 Å². The summed E-state index contributed by atoms with van der Waals surface area (Å²) in [4.78, 5) is 11.6. The van der Waals surface area contributed by atoms with Gasteiger partial charge < -0.3 is 0 Å². The molecule has 4 rings (SSSR count). The first-order valence-corrected chi connectivity index (χ1v) is 17.7. The van der Waals surface area contributed by atoms with Crippen LogP contribution in [0.3, 0.4) is 0 Å². The summed E-state index contributed by atoms with van der Waals surface area (Å²) in [6.45, 7) is 11.1. The summed E-state index contributed by atoms with van der Waals surface area (Å²) in [5.74, 6) is 0.729. The molecule has 0 fully saturated rings. The van der Waals surface area contributed by atoms with Crippen LogP contribution in [0.15, 0.2) is 66.2 Å². The van der Waals surface area contributed by atoms with Crippen molar-refractivity contribution in [3.63, 3.8) is 0 Å². The van der Waals surface area contributed by atoms with Gasteiger partial charge >= 0.3 is 247 Å². The van der Waals surface area contributed by atoms with Crippen LogP contribution in [0.5, 0.6) is 0 Å². The Morgan fingerprint density at radius 1 is 0.846 bits per heavy atom. The van der Waals surface area contributed by atoms with Crippen LogP contribution >= 0.6 is 0 Å². The topological polar surface area (TPSA) is 38.3 Å². The average molecular weight is 654 g/mol. The molecule has 39 heavy (non-hydrogen) atoms. The number of hydrogen-bond acceptors (Lipinski definition) is 3. The van der Waals surface area contributed by atoms with Gasteiger partial charge in [-0.3, -0.25) is 0 Å². The van der Waals surface area contributed by atoms with E-state index in [9.17, 15) is 4.79 Å². The van der Waals surface area contributed by atoms with E-state index >= 15 is 0 Å². The number of carbonyl (C=O) groups is 1. The van der Waals surface area contributed by atoms with Crippen molar-refractivity contribution in [1.29, 1.82) is 0 Å². The van der Waals surface area contributed by atoms with Crippen molar-refractivity contribution in [2.75, 3.05) is 19.8 Å². The van der Waals surface area contributed by atoms with E-state index in [1.54, 1.807) is 4.44 Å². The minimum absolute atomic E-state index is 0.145. The van der Waals surface area contributed by atoms with Gasteiger partial charge in [-0.2, -0.15) is 0 Å². The van der Waals surface area contributed by atoms with Gasteiger partial charge in [0.05, 0.1) is 0 Å². The van der Waals surface area contributed by atoms with E-state index in [-0.39, 0.29) is 14.5 Å². The van der Waals surface area contributed by atoms with Crippen LogP contribution in [0.2, 0.25) is 0 Å². The molecule has 0 unspecified atom stereocenters. The molecule has 5 heteroatoms. The van der Waals surface area contributed by atoms with Crippen LogP contribution in [0, 0.1) is 0 Å². The number of nitrogens with one attached hydrogen (secondary N) is 1. The predicted octanol–water partition coefficient (Wildman–Crippen LogP) is 7.92. The van der Waals surface area contributed by atoms with Crippen LogP contribution in [0.4, 0.5) is 0 Å². The Morgan fingerprint density at radius 2 is 1.49 bits per heavy atom. The predicted molar refractivity (Wildman–Crippen MR) is 169 cm³/mol. The van der Waals surface area contributed by atoms with Crippen molar-refractivity contribution in [2.45, 2.75) is 65.7 Å². The summed E-state index contributed by atoms with van der Waals surface area (Å²) in [7, 11) is 0. The third kappa shape index (κ3) is 7.75. The van der Waals surface area contributed by atoms with Crippen molar-refractivity contribution in [3.05, 3.63) is 75.1 Å². The second-order valence-electron chi connectivity index (χ2n) is 10.1. The Labute approximate surface area is 246 Å². The molecular weight excluding hydrogens is 612 g/mol. The van der Waals surface area contributed by atoms with Gasteiger partial charge in [0, 0.05) is 0 Å². The van der Waals surface area contributed by atoms with Gasteiger partial charge in [-0.05, 0) is 0 Å². The molecule has 2 aromatic carbocycles. The van der Waals surface area contributed by atoms with Crippen molar-refractivity contribution in [1.82, 2.24) is 5.32 Å². The first-order chi connectivity index (χ1) is 19.1. The first-order valence-electron chi connectivity index (χ1n) is 14.3.